The summed E-state index contributed by atoms with van der Waals surface area (Å²) in [6.45, 7) is 1.23. The van der Waals surface area contributed by atoms with Crippen LogP contribution in [0.3, 0.4) is 0 Å². The van der Waals surface area contributed by atoms with E-state index in [2.05, 4.69) is 4.98 Å². The molecule has 0 saturated carbocycles. The number of amides is 2. The molecule has 2 amide bonds. The molecule has 3 aromatic heterocycles. The zero-order chi connectivity index (χ0) is 20.1. The smallest absolute Gasteiger partial charge is 0.259 e. The molecule has 1 fully saturated rings. The second kappa shape index (κ2) is 6.70. The Morgan fingerprint density at radius 3 is 2.79 bits per heavy atom. The van der Waals surface area contributed by atoms with Crippen molar-refractivity contribution < 1.29 is 9.59 Å². The lowest BCUT2D eigenvalue weighted by molar-refractivity contribution is 0.0792. The van der Waals surface area contributed by atoms with Crippen molar-refractivity contribution in [1.82, 2.24) is 14.5 Å². The maximum Gasteiger partial charge on any atom is 0.259 e. The van der Waals surface area contributed by atoms with Crippen molar-refractivity contribution in [1.29, 1.82) is 0 Å². The highest BCUT2D eigenvalue weighted by Gasteiger charge is 2.33. The Kier molecular flexibility index (Phi) is 4.13. The van der Waals surface area contributed by atoms with Crippen LogP contribution in [0.15, 0.2) is 48.8 Å². The molecule has 1 aliphatic rings. The first-order valence-corrected chi connectivity index (χ1v) is 10.4. The van der Waals surface area contributed by atoms with Crippen LogP contribution < -0.4 is 5.73 Å². The first-order chi connectivity index (χ1) is 14.0. The van der Waals surface area contributed by atoms with Gasteiger partial charge >= 0.3 is 0 Å². The SMILES string of the molecule is Cn1cc(C(=O)N2CC[C@@H](c3c(C(N)=O)sc4ncccc34)C2)c2ccccc21. The Bertz CT molecular complexity index is 1270. The van der Waals surface area contributed by atoms with Gasteiger partial charge in [0.1, 0.15) is 4.83 Å². The number of para-hydroxylation sites is 1. The van der Waals surface area contributed by atoms with E-state index in [1.807, 2.05) is 59.1 Å². The third-order valence-corrected chi connectivity index (χ3v) is 6.88. The van der Waals surface area contributed by atoms with Crippen molar-refractivity contribution in [3.05, 3.63) is 64.8 Å². The van der Waals surface area contributed by atoms with Crippen LogP contribution in [-0.2, 0) is 7.05 Å². The van der Waals surface area contributed by atoms with Crippen LogP contribution in [0.2, 0.25) is 0 Å². The van der Waals surface area contributed by atoms with Crippen LogP contribution in [0.1, 0.15) is 37.9 Å². The van der Waals surface area contributed by atoms with Gasteiger partial charge in [-0.25, -0.2) is 4.98 Å². The Hall–Kier alpha value is -3.19. The van der Waals surface area contributed by atoms with E-state index < -0.39 is 5.91 Å². The quantitative estimate of drug-likeness (QED) is 0.567. The molecular weight excluding hydrogens is 384 g/mol. The van der Waals surface area contributed by atoms with E-state index in [1.165, 1.54) is 11.3 Å². The summed E-state index contributed by atoms with van der Waals surface area (Å²) in [6.07, 6.45) is 4.43. The molecule has 1 aliphatic heterocycles. The van der Waals surface area contributed by atoms with Crippen LogP contribution in [0.25, 0.3) is 21.1 Å². The molecule has 1 aromatic carbocycles. The third-order valence-electron chi connectivity index (χ3n) is 5.74. The van der Waals surface area contributed by atoms with Gasteiger partial charge in [0.2, 0.25) is 0 Å². The Morgan fingerprint density at radius 1 is 1.17 bits per heavy atom. The minimum atomic E-state index is -0.429. The fourth-order valence-electron chi connectivity index (χ4n) is 4.40. The van der Waals surface area contributed by atoms with E-state index in [9.17, 15) is 9.59 Å². The number of carbonyl (C=O) groups excluding carboxylic acids is 2. The van der Waals surface area contributed by atoms with E-state index in [-0.39, 0.29) is 11.8 Å². The molecule has 0 aliphatic carbocycles. The number of aryl methyl sites for hydroxylation is 1. The average Bonchev–Trinajstić information content (AvgIpc) is 3.43. The Balaban J connectivity index is 1.49. The summed E-state index contributed by atoms with van der Waals surface area (Å²) < 4.78 is 1.99. The highest BCUT2D eigenvalue weighted by Crippen LogP contribution is 2.39. The summed E-state index contributed by atoms with van der Waals surface area (Å²) in [5, 5.41) is 1.93. The number of rotatable bonds is 3. The van der Waals surface area contributed by atoms with Crippen molar-refractivity contribution in [3.8, 4) is 0 Å². The molecule has 4 aromatic rings. The van der Waals surface area contributed by atoms with Crippen LogP contribution in [0.5, 0.6) is 0 Å². The zero-order valence-corrected chi connectivity index (χ0v) is 16.8. The van der Waals surface area contributed by atoms with Gasteiger partial charge in [-0.05, 0) is 24.1 Å². The van der Waals surface area contributed by atoms with Gasteiger partial charge in [-0.3, -0.25) is 9.59 Å². The molecule has 0 radical (unpaired) electrons. The van der Waals surface area contributed by atoms with Gasteiger partial charge in [-0.15, -0.1) is 11.3 Å². The second-order valence-corrected chi connectivity index (χ2v) is 8.47. The number of nitrogens with two attached hydrogens (primary N) is 1. The van der Waals surface area contributed by atoms with Crippen LogP contribution in [0.4, 0.5) is 0 Å². The van der Waals surface area contributed by atoms with E-state index in [0.29, 0.717) is 18.0 Å². The number of hydrogen-bond acceptors (Lipinski definition) is 4. The highest BCUT2D eigenvalue weighted by atomic mass is 32.1. The van der Waals surface area contributed by atoms with E-state index in [4.69, 9.17) is 5.73 Å². The number of aromatic nitrogens is 2. The molecule has 0 unspecified atom stereocenters. The molecular formula is C22H20N4O2S. The predicted molar refractivity (Wildman–Crippen MR) is 114 cm³/mol. The minimum absolute atomic E-state index is 0.0302. The fraction of sp³-hybridized carbons (Fsp3) is 0.227. The molecule has 1 saturated heterocycles. The molecule has 29 heavy (non-hydrogen) atoms. The second-order valence-electron chi connectivity index (χ2n) is 7.47. The first kappa shape index (κ1) is 17.9. The molecule has 0 spiro atoms. The molecule has 1 atom stereocenters. The number of fused-ring (bicyclic) bond motifs is 2. The summed E-state index contributed by atoms with van der Waals surface area (Å²) in [4.78, 5) is 33.0. The maximum atomic E-state index is 13.3. The van der Waals surface area contributed by atoms with Crippen molar-refractivity contribution in [2.75, 3.05) is 13.1 Å². The predicted octanol–water partition coefficient (Wildman–Crippen LogP) is 3.52. The molecule has 4 heterocycles. The summed E-state index contributed by atoms with van der Waals surface area (Å²) in [7, 11) is 1.95. The van der Waals surface area contributed by atoms with Crippen LogP contribution in [-0.4, -0.2) is 39.4 Å². The van der Waals surface area contributed by atoms with Crippen molar-refractivity contribution >= 4 is 44.3 Å². The normalized spacial score (nSPS) is 16.7. The molecule has 6 nitrogen and oxygen atoms in total. The number of likely N-dealkylation sites (tertiary alicyclic amines) is 1. The van der Waals surface area contributed by atoms with Gasteiger partial charge in [-0.1, -0.05) is 24.3 Å². The van der Waals surface area contributed by atoms with E-state index in [1.54, 1.807) is 6.20 Å². The van der Waals surface area contributed by atoms with Gasteiger partial charge in [0.05, 0.1) is 10.4 Å². The van der Waals surface area contributed by atoms with Crippen molar-refractivity contribution in [3.63, 3.8) is 0 Å². The summed E-state index contributed by atoms with van der Waals surface area (Å²) in [6, 6.07) is 11.8. The number of thiophene rings is 1. The molecule has 7 heteroatoms. The van der Waals surface area contributed by atoms with Gasteiger partial charge < -0.3 is 15.2 Å². The number of primary amides is 1. The lowest BCUT2D eigenvalue weighted by Crippen LogP contribution is -2.28. The summed E-state index contributed by atoms with van der Waals surface area (Å²) >= 11 is 1.34. The molecule has 5 rings (SSSR count). The van der Waals surface area contributed by atoms with Gasteiger partial charge in [0.25, 0.3) is 11.8 Å². The fourth-order valence-corrected chi connectivity index (χ4v) is 5.48. The van der Waals surface area contributed by atoms with Gasteiger partial charge in [0.15, 0.2) is 0 Å². The topological polar surface area (TPSA) is 81.2 Å². The van der Waals surface area contributed by atoms with Gasteiger partial charge in [0, 0.05) is 54.7 Å². The third kappa shape index (κ3) is 2.81. The largest absolute Gasteiger partial charge is 0.365 e. The van der Waals surface area contributed by atoms with Crippen molar-refractivity contribution in [2.24, 2.45) is 12.8 Å². The number of pyridine rings is 1. The maximum absolute atomic E-state index is 13.3. The highest BCUT2D eigenvalue weighted by molar-refractivity contribution is 7.20. The first-order valence-electron chi connectivity index (χ1n) is 9.55. The van der Waals surface area contributed by atoms with E-state index in [0.717, 1.165) is 38.7 Å². The molecule has 0 bridgehead atoms. The standard InChI is InChI=1S/C22H20N4O2S/c1-25-12-16(14-5-2-3-7-17(14)25)22(28)26-10-8-13(11-26)18-15-6-4-9-24-21(15)29-19(18)20(23)27/h2-7,9,12-13H,8,10-11H2,1H3,(H2,23,27)/t13-/m1/s1. The lowest BCUT2D eigenvalue weighted by Gasteiger charge is -2.16. The van der Waals surface area contributed by atoms with Crippen LogP contribution >= 0.6 is 11.3 Å². The zero-order valence-electron chi connectivity index (χ0n) is 16.0. The van der Waals surface area contributed by atoms with Crippen molar-refractivity contribution in [2.45, 2.75) is 12.3 Å². The molecule has 146 valence electrons. The minimum Gasteiger partial charge on any atom is -0.365 e. The number of benzene rings is 1. The number of carbonyl (C=O) groups is 2. The van der Waals surface area contributed by atoms with E-state index >= 15 is 0 Å². The average molecular weight is 404 g/mol. The number of hydrogen-bond donors (Lipinski definition) is 1. The van der Waals surface area contributed by atoms with Crippen LogP contribution in [0, 0.1) is 0 Å². The summed E-state index contributed by atoms with van der Waals surface area (Å²) in [5.41, 5.74) is 8.36. The number of nitrogens with zero attached hydrogens (tertiary/aromatic N) is 3. The summed E-state index contributed by atoms with van der Waals surface area (Å²) in [5.74, 6) is -0.321. The molecule has 2 N–H and O–H groups in total. The Morgan fingerprint density at radius 2 is 1.97 bits per heavy atom. The monoisotopic (exact) mass is 404 g/mol. The lowest BCUT2D eigenvalue weighted by atomic mass is 9.95. The van der Waals surface area contributed by atoms with Gasteiger partial charge in [-0.2, -0.15) is 0 Å². The Labute approximate surface area is 171 Å².